The van der Waals surface area contributed by atoms with E-state index in [0.717, 1.165) is 17.1 Å². The highest BCUT2D eigenvalue weighted by Crippen LogP contribution is 2.26. The normalized spacial score (nSPS) is 10.1. The van der Waals surface area contributed by atoms with E-state index >= 15 is 0 Å². The highest BCUT2D eigenvalue weighted by Gasteiger charge is 2.06. The number of hydrogen-bond acceptors (Lipinski definition) is 3. The Morgan fingerprint density at radius 1 is 1.36 bits per heavy atom. The largest absolute Gasteiger partial charge is 0.496 e. The van der Waals surface area contributed by atoms with Crippen LogP contribution in [0, 0.1) is 0 Å². The van der Waals surface area contributed by atoms with Crippen LogP contribution in [0.2, 0.25) is 0 Å². The van der Waals surface area contributed by atoms with Gasteiger partial charge in [0.2, 0.25) is 0 Å². The monoisotopic (exact) mass is 187 g/mol. The molecule has 0 amide bonds. The maximum Gasteiger partial charge on any atom is 0.169 e. The van der Waals surface area contributed by atoms with Crippen LogP contribution < -0.4 is 4.74 Å². The third-order valence-electron chi connectivity index (χ3n) is 2.11. The molecule has 0 radical (unpaired) electrons. The van der Waals surface area contributed by atoms with Crippen molar-refractivity contribution in [3.8, 4) is 5.75 Å². The standard InChI is InChI=1S/C11H9NO2/c1-14-10-4-2-3-8-5-6-12-9(7-13)11(8)10/h2-7H,1H3. The Hall–Kier alpha value is -1.90. The number of aromatic nitrogens is 1. The molecular formula is C11H9NO2. The highest BCUT2D eigenvalue weighted by atomic mass is 16.5. The van der Waals surface area contributed by atoms with E-state index in [1.165, 1.54) is 0 Å². The predicted octanol–water partition coefficient (Wildman–Crippen LogP) is 2.06. The zero-order valence-electron chi connectivity index (χ0n) is 7.73. The van der Waals surface area contributed by atoms with Crippen molar-refractivity contribution < 1.29 is 9.53 Å². The Kier molecular flexibility index (Phi) is 2.14. The second-order valence-electron chi connectivity index (χ2n) is 2.87. The Labute approximate surface area is 81.3 Å². The van der Waals surface area contributed by atoms with Crippen LogP contribution in [0.1, 0.15) is 10.5 Å². The number of hydrogen-bond donors (Lipinski definition) is 0. The van der Waals surface area contributed by atoms with Gasteiger partial charge in [-0.15, -0.1) is 0 Å². The van der Waals surface area contributed by atoms with E-state index < -0.39 is 0 Å². The van der Waals surface area contributed by atoms with Gasteiger partial charge in [0.15, 0.2) is 6.29 Å². The van der Waals surface area contributed by atoms with E-state index in [0.29, 0.717) is 11.4 Å². The van der Waals surface area contributed by atoms with Gasteiger partial charge < -0.3 is 4.74 Å². The van der Waals surface area contributed by atoms with Gasteiger partial charge >= 0.3 is 0 Å². The van der Waals surface area contributed by atoms with Gasteiger partial charge in [0, 0.05) is 6.20 Å². The summed E-state index contributed by atoms with van der Waals surface area (Å²) in [5.41, 5.74) is 0.417. The van der Waals surface area contributed by atoms with E-state index in [4.69, 9.17) is 4.74 Å². The number of carbonyl (C=O) groups is 1. The summed E-state index contributed by atoms with van der Waals surface area (Å²) >= 11 is 0. The molecule has 2 aromatic rings. The van der Waals surface area contributed by atoms with Crippen molar-refractivity contribution in [2.45, 2.75) is 0 Å². The Bertz CT molecular complexity index is 474. The molecule has 0 aliphatic heterocycles. The first-order chi connectivity index (χ1) is 6.86. The first-order valence-corrected chi connectivity index (χ1v) is 4.23. The molecule has 0 atom stereocenters. The van der Waals surface area contributed by atoms with Crippen molar-refractivity contribution in [1.29, 1.82) is 0 Å². The van der Waals surface area contributed by atoms with E-state index in [9.17, 15) is 4.79 Å². The Morgan fingerprint density at radius 2 is 2.21 bits per heavy atom. The molecule has 0 unspecified atom stereocenters. The molecule has 0 saturated heterocycles. The lowest BCUT2D eigenvalue weighted by Gasteiger charge is -2.05. The molecule has 0 aliphatic carbocycles. The van der Waals surface area contributed by atoms with Crippen LogP contribution in [0.3, 0.4) is 0 Å². The van der Waals surface area contributed by atoms with Crippen molar-refractivity contribution in [3.63, 3.8) is 0 Å². The smallest absolute Gasteiger partial charge is 0.169 e. The lowest BCUT2D eigenvalue weighted by molar-refractivity contribution is 0.112. The molecule has 0 fully saturated rings. The summed E-state index contributed by atoms with van der Waals surface area (Å²) in [6, 6.07) is 7.48. The van der Waals surface area contributed by atoms with Crippen LogP contribution in [0.25, 0.3) is 10.8 Å². The fraction of sp³-hybridized carbons (Fsp3) is 0.0909. The van der Waals surface area contributed by atoms with Crippen LogP contribution in [0.4, 0.5) is 0 Å². The number of ether oxygens (including phenoxy) is 1. The van der Waals surface area contributed by atoms with Gasteiger partial charge in [-0.2, -0.15) is 0 Å². The molecule has 0 aliphatic rings. The molecule has 1 heterocycles. The molecule has 3 heteroatoms. The minimum atomic E-state index is 0.417. The summed E-state index contributed by atoms with van der Waals surface area (Å²) < 4.78 is 5.17. The zero-order chi connectivity index (χ0) is 9.97. The molecular weight excluding hydrogens is 178 g/mol. The van der Waals surface area contributed by atoms with Gasteiger partial charge in [0.1, 0.15) is 11.4 Å². The average Bonchev–Trinajstić information content (AvgIpc) is 2.27. The lowest BCUT2D eigenvalue weighted by Crippen LogP contribution is -1.92. The number of fused-ring (bicyclic) bond motifs is 1. The molecule has 0 spiro atoms. The fourth-order valence-electron chi connectivity index (χ4n) is 1.48. The summed E-state index contributed by atoms with van der Waals surface area (Å²) in [6.45, 7) is 0. The van der Waals surface area contributed by atoms with Crippen molar-refractivity contribution in [3.05, 3.63) is 36.2 Å². The molecule has 0 N–H and O–H groups in total. The SMILES string of the molecule is COc1cccc2ccnc(C=O)c12. The van der Waals surface area contributed by atoms with Crippen LogP contribution >= 0.6 is 0 Å². The highest BCUT2D eigenvalue weighted by molar-refractivity contribution is 5.99. The van der Waals surface area contributed by atoms with Crippen molar-refractivity contribution in [1.82, 2.24) is 4.98 Å². The third kappa shape index (κ3) is 1.23. The van der Waals surface area contributed by atoms with Gasteiger partial charge in [-0.1, -0.05) is 12.1 Å². The summed E-state index contributed by atoms with van der Waals surface area (Å²) in [4.78, 5) is 14.8. The van der Waals surface area contributed by atoms with Crippen molar-refractivity contribution >= 4 is 17.1 Å². The number of rotatable bonds is 2. The van der Waals surface area contributed by atoms with Gasteiger partial charge in [0.05, 0.1) is 12.5 Å². The van der Waals surface area contributed by atoms with E-state index in [1.54, 1.807) is 13.3 Å². The first-order valence-electron chi connectivity index (χ1n) is 4.23. The number of methoxy groups -OCH3 is 1. The first kappa shape index (κ1) is 8.69. The summed E-state index contributed by atoms with van der Waals surface area (Å²) in [7, 11) is 1.58. The van der Waals surface area contributed by atoms with Crippen LogP contribution in [-0.2, 0) is 0 Å². The van der Waals surface area contributed by atoms with Gasteiger partial charge in [0.25, 0.3) is 0 Å². The van der Waals surface area contributed by atoms with E-state index in [-0.39, 0.29) is 0 Å². The Morgan fingerprint density at radius 3 is 2.93 bits per heavy atom. The molecule has 2 rings (SSSR count). The second kappa shape index (κ2) is 3.46. The van der Waals surface area contributed by atoms with Gasteiger partial charge in [-0.3, -0.25) is 9.78 Å². The summed E-state index contributed by atoms with van der Waals surface area (Å²) in [5, 5.41) is 1.73. The molecule has 1 aromatic carbocycles. The van der Waals surface area contributed by atoms with E-state index in [1.807, 2.05) is 24.3 Å². The minimum Gasteiger partial charge on any atom is -0.496 e. The van der Waals surface area contributed by atoms with Crippen molar-refractivity contribution in [2.24, 2.45) is 0 Å². The molecule has 0 saturated carbocycles. The van der Waals surface area contributed by atoms with Crippen LogP contribution in [-0.4, -0.2) is 18.4 Å². The third-order valence-corrected chi connectivity index (χ3v) is 2.11. The zero-order valence-corrected chi connectivity index (χ0v) is 7.73. The number of aldehydes is 1. The fourth-order valence-corrected chi connectivity index (χ4v) is 1.48. The van der Waals surface area contributed by atoms with Gasteiger partial charge in [-0.25, -0.2) is 0 Å². The number of nitrogens with zero attached hydrogens (tertiary/aromatic N) is 1. The van der Waals surface area contributed by atoms with Crippen LogP contribution in [0.5, 0.6) is 5.75 Å². The summed E-state index contributed by atoms with van der Waals surface area (Å²) in [5.74, 6) is 0.678. The Balaban J connectivity index is 2.88. The number of carbonyl (C=O) groups excluding carboxylic acids is 1. The number of benzene rings is 1. The second-order valence-corrected chi connectivity index (χ2v) is 2.87. The molecule has 3 nitrogen and oxygen atoms in total. The predicted molar refractivity (Wildman–Crippen MR) is 53.7 cm³/mol. The maximum atomic E-state index is 10.8. The lowest BCUT2D eigenvalue weighted by atomic mass is 10.1. The maximum absolute atomic E-state index is 10.8. The molecule has 0 bridgehead atoms. The molecule has 14 heavy (non-hydrogen) atoms. The number of pyridine rings is 1. The van der Waals surface area contributed by atoms with Crippen molar-refractivity contribution in [2.75, 3.05) is 7.11 Å². The molecule has 1 aromatic heterocycles. The average molecular weight is 187 g/mol. The van der Waals surface area contributed by atoms with E-state index in [2.05, 4.69) is 4.98 Å². The summed E-state index contributed by atoms with van der Waals surface area (Å²) in [6.07, 6.45) is 2.36. The quantitative estimate of drug-likeness (QED) is 0.675. The molecule has 70 valence electrons. The minimum absolute atomic E-state index is 0.417. The van der Waals surface area contributed by atoms with Gasteiger partial charge in [-0.05, 0) is 17.5 Å². The topological polar surface area (TPSA) is 39.2 Å². The van der Waals surface area contributed by atoms with Crippen LogP contribution in [0.15, 0.2) is 30.5 Å².